The van der Waals surface area contributed by atoms with Crippen LogP contribution in [0.3, 0.4) is 0 Å². The van der Waals surface area contributed by atoms with Gasteiger partial charge >= 0.3 is 0 Å². The second kappa shape index (κ2) is 3.94. The number of imidazole rings is 1. The zero-order valence-corrected chi connectivity index (χ0v) is 9.59. The fraction of sp³-hybridized carbons (Fsp3) is 0.0714. The summed E-state index contributed by atoms with van der Waals surface area (Å²) in [5, 5.41) is 3.19. The summed E-state index contributed by atoms with van der Waals surface area (Å²) < 4.78 is 2.03. The van der Waals surface area contributed by atoms with Crippen LogP contribution in [0.25, 0.3) is 16.9 Å². The van der Waals surface area contributed by atoms with Crippen molar-refractivity contribution < 1.29 is 0 Å². The van der Waals surface area contributed by atoms with Gasteiger partial charge in [0.2, 0.25) is 0 Å². The number of para-hydroxylation sites is 1. The van der Waals surface area contributed by atoms with E-state index in [0.717, 1.165) is 22.6 Å². The maximum Gasteiger partial charge on any atom is 0.137 e. The number of nitrogens with one attached hydrogen (secondary N) is 1. The lowest BCUT2D eigenvalue weighted by atomic mass is 10.1. The van der Waals surface area contributed by atoms with Gasteiger partial charge in [-0.25, -0.2) is 4.98 Å². The van der Waals surface area contributed by atoms with Crippen molar-refractivity contribution in [1.29, 1.82) is 0 Å². The van der Waals surface area contributed by atoms with E-state index >= 15 is 0 Å². The van der Waals surface area contributed by atoms with Crippen LogP contribution in [-0.4, -0.2) is 16.4 Å². The van der Waals surface area contributed by atoms with Crippen molar-refractivity contribution in [3.8, 4) is 11.3 Å². The molecule has 0 radical (unpaired) electrons. The lowest BCUT2D eigenvalue weighted by Gasteiger charge is -2.05. The van der Waals surface area contributed by atoms with Crippen LogP contribution in [0.5, 0.6) is 0 Å². The van der Waals surface area contributed by atoms with Crippen molar-refractivity contribution in [2.24, 2.45) is 0 Å². The monoisotopic (exact) mass is 223 g/mol. The largest absolute Gasteiger partial charge is 0.388 e. The number of aromatic nitrogens is 2. The van der Waals surface area contributed by atoms with Crippen LogP contribution in [-0.2, 0) is 0 Å². The second-order valence-corrected chi connectivity index (χ2v) is 3.89. The Labute approximate surface area is 99.7 Å². The van der Waals surface area contributed by atoms with Gasteiger partial charge in [-0.1, -0.05) is 24.3 Å². The highest BCUT2D eigenvalue weighted by molar-refractivity contribution is 5.76. The van der Waals surface area contributed by atoms with Crippen LogP contribution in [0.2, 0.25) is 0 Å². The summed E-state index contributed by atoms with van der Waals surface area (Å²) in [6, 6.07) is 14.2. The van der Waals surface area contributed by atoms with Crippen LogP contribution >= 0.6 is 0 Å². The van der Waals surface area contributed by atoms with E-state index < -0.39 is 0 Å². The minimum Gasteiger partial charge on any atom is -0.388 e. The van der Waals surface area contributed by atoms with Crippen molar-refractivity contribution in [2.75, 3.05) is 12.4 Å². The van der Waals surface area contributed by atoms with E-state index in [1.165, 1.54) is 0 Å². The fourth-order valence-electron chi connectivity index (χ4n) is 1.99. The predicted molar refractivity (Wildman–Crippen MR) is 70.2 cm³/mol. The molecule has 17 heavy (non-hydrogen) atoms. The Bertz CT molecular complexity index is 622. The minimum atomic E-state index is 0.966. The summed E-state index contributed by atoms with van der Waals surface area (Å²) in [5.74, 6) is 0. The standard InChI is InChI=1S/C14H13N3/c1-15-12-7-3-2-6-11(12)13-10-17-9-5-4-8-14(17)16-13/h2-10,15H,1H3. The first-order chi connectivity index (χ1) is 8.38. The van der Waals surface area contributed by atoms with Gasteiger partial charge in [-0.05, 0) is 18.2 Å². The zero-order valence-electron chi connectivity index (χ0n) is 9.59. The maximum absolute atomic E-state index is 4.61. The molecule has 0 bridgehead atoms. The number of rotatable bonds is 2. The number of benzene rings is 1. The van der Waals surface area contributed by atoms with Crippen LogP contribution < -0.4 is 5.32 Å². The predicted octanol–water partition coefficient (Wildman–Crippen LogP) is 3.04. The molecule has 84 valence electrons. The smallest absolute Gasteiger partial charge is 0.137 e. The quantitative estimate of drug-likeness (QED) is 0.723. The number of hydrogen-bond donors (Lipinski definition) is 1. The molecule has 0 spiro atoms. The van der Waals surface area contributed by atoms with E-state index in [4.69, 9.17) is 0 Å². The lowest BCUT2D eigenvalue weighted by Crippen LogP contribution is -1.91. The molecule has 0 atom stereocenters. The first-order valence-corrected chi connectivity index (χ1v) is 5.59. The number of hydrogen-bond acceptors (Lipinski definition) is 2. The zero-order chi connectivity index (χ0) is 11.7. The van der Waals surface area contributed by atoms with Gasteiger partial charge in [0, 0.05) is 30.7 Å². The summed E-state index contributed by atoms with van der Waals surface area (Å²) in [6.07, 6.45) is 4.05. The third-order valence-corrected chi connectivity index (χ3v) is 2.84. The van der Waals surface area contributed by atoms with Crippen LogP contribution in [0.4, 0.5) is 5.69 Å². The van der Waals surface area contributed by atoms with Gasteiger partial charge in [0.1, 0.15) is 5.65 Å². The highest BCUT2D eigenvalue weighted by Gasteiger charge is 2.07. The first-order valence-electron chi connectivity index (χ1n) is 5.59. The molecular weight excluding hydrogens is 210 g/mol. The van der Waals surface area contributed by atoms with E-state index in [2.05, 4.69) is 22.4 Å². The molecule has 0 aliphatic rings. The van der Waals surface area contributed by atoms with E-state index in [-0.39, 0.29) is 0 Å². The highest BCUT2D eigenvalue weighted by atomic mass is 15.0. The molecule has 3 aromatic rings. The molecule has 0 aliphatic carbocycles. The summed E-state index contributed by atoms with van der Waals surface area (Å²) in [6.45, 7) is 0. The Kier molecular flexibility index (Phi) is 2.29. The fourth-order valence-corrected chi connectivity index (χ4v) is 1.99. The van der Waals surface area contributed by atoms with Crippen molar-refractivity contribution in [3.63, 3.8) is 0 Å². The Morgan fingerprint density at radius 2 is 1.88 bits per heavy atom. The van der Waals surface area contributed by atoms with E-state index in [1.54, 1.807) is 0 Å². The summed E-state index contributed by atoms with van der Waals surface area (Å²) >= 11 is 0. The molecule has 3 rings (SSSR count). The molecule has 0 saturated heterocycles. The third-order valence-electron chi connectivity index (χ3n) is 2.84. The van der Waals surface area contributed by atoms with Crippen molar-refractivity contribution in [2.45, 2.75) is 0 Å². The Morgan fingerprint density at radius 3 is 2.71 bits per heavy atom. The van der Waals surface area contributed by atoms with Gasteiger partial charge < -0.3 is 9.72 Å². The molecule has 2 aromatic heterocycles. The number of nitrogens with zero attached hydrogens (tertiary/aromatic N) is 2. The Balaban J connectivity index is 2.20. The molecule has 3 nitrogen and oxygen atoms in total. The molecule has 0 saturated carbocycles. The van der Waals surface area contributed by atoms with E-state index in [0.29, 0.717) is 0 Å². The molecule has 3 heteroatoms. The topological polar surface area (TPSA) is 29.3 Å². The molecular formula is C14H13N3. The van der Waals surface area contributed by atoms with Crippen LogP contribution in [0, 0.1) is 0 Å². The van der Waals surface area contributed by atoms with Crippen LogP contribution in [0.1, 0.15) is 0 Å². The van der Waals surface area contributed by atoms with Gasteiger partial charge in [0.15, 0.2) is 0 Å². The summed E-state index contributed by atoms with van der Waals surface area (Å²) in [5.41, 5.74) is 4.17. The van der Waals surface area contributed by atoms with Crippen molar-refractivity contribution in [1.82, 2.24) is 9.38 Å². The molecule has 0 amide bonds. The van der Waals surface area contributed by atoms with Gasteiger partial charge in [0.25, 0.3) is 0 Å². The Morgan fingerprint density at radius 1 is 1.06 bits per heavy atom. The highest BCUT2D eigenvalue weighted by Crippen LogP contribution is 2.26. The van der Waals surface area contributed by atoms with Gasteiger partial charge in [-0.3, -0.25) is 0 Å². The molecule has 0 unspecified atom stereocenters. The SMILES string of the molecule is CNc1ccccc1-c1cn2ccccc2n1. The van der Waals surface area contributed by atoms with E-state index in [1.807, 2.05) is 54.2 Å². The van der Waals surface area contributed by atoms with Gasteiger partial charge in [-0.15, -0.1) is 0 Å². The van der Waals surface area contributed by atoms with Crippen molar-refractivity contribution >= 4 is 11.3 Å². The maximum atomic E-state index is 4.61. The molecule has 0 fully saturated rings. The van der Waals surface area contributed by atoms with E-state index in [9.17, 15) is 0 Å². The lowest BCUT2D eigenvalue weighted by molar-refractivity contribution is 1.19. The second-order valence-electron chi connectivity index (χ2n) is 3.89. The first kappa shape index (κ1) is 9.90. The summed E-state index contributed by atoms with van der Waals surface area (Å²) in [4.78, 5) is 4.61. The van der Waals surface area contributed by atoms with Crippen LogP contribution in [0.15, 0.2) is 54.9 Å². The average Bonchev–Trinajstić information content (AvgIpc) is 2.82. The number of pyridine rings is 1. The van der Waals surface area contributed by atoms with Gasteiger partial charge in [0.05, 0.1) is 5.69 Å². The molecule has 1 aromatic carbocycles. The molecule has 2 heterocycles. The minimum absolute atomic E-state index is 0.966. The Hall–Kier alpha value is -2.29. The molecule has 1 N–H and O–H groups in total. The molecule has 0 aliphatic heterocycles. The average molecular weight is 223 g/mol. The number of anilines is 1. The third kappa shape index (κ3) is 1.65. The normalized spacial score (nSPS) is 10.6. The summed E-state index contributed by atoms with van der Waals surface area (Å²) in [7, 11) is 1.93. The van der Waals surface area contributed by atoms with Gasteiger partial charge in [-0.2, -0.15) is 0 Å². The van der Waals surface area contributed by atoms with Crippen molar-refractivity contribution in [3.05, 3.63) is 54.9 Å². The number of fused-ring (bicyclic) bond motifs is 1.